The number of alkyl halides is 1. The molecular formula is C15H19ClO. The first-order valence-corrected chi connectivity index (χ1v) is 7.08. The number of hydrogen-bond acceptors (Lipinski definition) is 1. The van der Waals surface area contributed by atoms with Crippen molar-refractivity contribution in [2.75, 3.05) is 0 Å². The van der Waals surface area contributed by atoms with Crippen molar-refractivity contribution in [1.82, 2.24) is 0 Å². The largest absolute Gasteiger partial charge is 0.490 e. The normalized spacial score (nSPS) is 32.7. The summed E-state index contributed by atoms with van der Waals surface area (Å²) in [5, 5.41) is 0.341. The third kappa shape index (κ3) is 2.44. The van der Waals surface area contributed by atoms with Gasteiger partial charge in [-0.25, -0.2) is 0 Å². The van der Waals surface area contributed by atoms with Crippen LogP contribution in [0.25, 0.3) is 0 Å². The van der Waals surface area contributed by atoms with Gasteiger partial charge in [0.2, 0.25) is 0 Å². The highest BCUT2D eigenvalue weighted by Crippen LogP contribution is 2.43. The van der Waals surface area contributed by atoms with Gasteiger partial charge in [0.15, 0.2) is 0 Å². The summed E-state index contributed by atoms with van der Waals surface area (Å²) < 4.78 is 5.85. The van der Waals surface area contributed by atoms with Gasteiger partial charge in [0.1, 0.15) is 5.75 Å². The maximum Gasteiger partial charge on any atom is 0.120 e. The quantitative estimate of drug-likeness (QED) is 0.725. The summed E-state index contributed by atoms with van der Waals surface area (Å²) in [4.78, 5) is 0. The van der Waals surface area contributed by atoms with Crippen LogP contribution in [-0.2, 0) is 0 Å². The fourth-order valence-corrected chi connectivity index (χ4v) is 3.09. The van der Waals surface area contributed by atoms with Gasteiger partial charge >= 0.3 is 0 Å². The molecule has 2 aliphatic carbocycles. The molecule has 1 nitrogen and oxygen atoms in total. The molecule has 2 saturated carbocycles. The molecule has 3 atom stereocenters. The first kappa shape index (κ1) is 11.4. The van der Waals surface area contributed by atoms with Crippen molar-refractivity contribution in [3.63, 3.8) is 0 Å². The molecule has 0 spiro atoms. The lowest BCUT2D eigenvalue weighted by Crippen LogP contribution is -2.09. The van der Waals surface area contributed by atoms with Crippen molar-refractivity contribution >= 4 is 11.6 Å². The standard InChI is InChI=1S/C15H19ClO/c1-10-14(7-8-15(10)16)11-3-2-4-13(9-11)17-12-5-6-12/h2-4,9-10,12,14-15H,5-8H2,1H3. The van der Waals surface area contributed by atoms with Crippen LogP contribution in [0.4, 0.5) is 0 Å². The van der Waals surface area contributed by atoms with E-state index in [-0.39, 0.29) is 0 Å². The maximum absolute atomic E-state index is 6.31. The maximum atomic E-state index is 6.31. The van der Waals surface area contributed by atoms with Crippen molar-refractivity contribution < 1.29 is 4.74 Å². The molecule has 1 aromatic carbocycles. The summed E-state index contributed by atoms with van der Waals surface area (Å²) in [6.45, 7) is 2.27. The second kappa shape index (κ2) is 4.53. The minimum atomic E-state index is 0.341. The molecule has 0 N–H and O–H groups in total. The van der Waals surface area contributed by atoms with E-state index in [1.54, 1.807) is 0 Å². The van der Waals surface area contributed by atoms with Gasteiger partial charge in [0.05, 0.1) is 6.10 Å². The molecule has 3 unspecified atom stereocenters. The Labute approximate surface area is 108 Å². The zero-order valence-corrected chi connectivity index (χ0v) is 11.0. The van der Waals surface area contributed by atoms with Crippen LogP contribution in [0.5, 0.6) is 5.75 Å². The SMILES string of the molecule is CC1C(Cl)CCC1c1cccc(OC2CC2)c1. The van der Waals surface area contributed by atoms with Gasteiger partial charge in [-0.15, -0.1) is 11.6 Å². The highest BCUT2D eigenvalue weighted by molar-refractivity contribution is 6.21. The van der Waals surface area contributed by atoms with Crippen molar-refractivity contribution in [3.05, 3.63) is 29.8 Å². The number of halogens is 1. The minimum Gasteiger partial charge on any atom is -0.490 e. The summed E-state index contributed by atoms with van der Waals surface area (Å²) in [5.74, 6) is 2.23. The van der Waals surface area contributed by atoms with Crippen molar-refractivity contribution in [2.45, 2.75) is 50.0 Å². The molecule has 2 aliphatic rings. The van der Waals surface area contributed by atoms with E-state index in [0.717, 1.165) is 12.2 Å². The van der Waals surface area contributed by atoms with Gasteiger partial charge in [0.25, 0.3) is 0 Å². The van der Waals surface area contributed by atoms with Gasteiger partial charge in [-0.3, -0.25) is 0 Å². The second-order valence-corrected chi connectivity index (χ2v) is 6.01. The van der Waals surface area contributed by atoms with E-state index in [0.29, 0.717) is 23.3 Å². The summed E-state index contributed by atoms with van der Waals surface area (Å²) in [5.41, 5.74) is 1.40. The smallest absolute Gasteiger partial charge is 0.120 e. The van der Waals surface area contributed by atoms with E-state index in [1.165, 1.54) is 24.8 Å². The van der Waals surface area contributed by atoms with Gasteiger partial charge in [-0.2, -0.15) is 0 Å². The van der Waals surface area contributed by atoms with E-state index in [9.17, 15) is 0 Å². The van der Waals surface area contributed by atoms with E-state index >= 15 is 0 Å². The van der Waals surface area contributed by atoms with Crippen LogP contribution in [0.2, 0.25) is 0 Å². The number of benzene rings is 1. The Morgan fingerprint density at radius 3 is 2.65 bits per heavy atom. The Kier molecular flexibility index (Phi) is 3.04. The summed E-state index contributed by atoms with van der Waals surface area (Å²) >= 11 is 6.31. The predicted molar refractivity (Wildman–Crippen MR) is 70.9 cm³/mol. The monoisotopic (exact) mass is 250 g/mol. The Morgan fingerprint density at radius 2 is 2.00 bits per heavy atom. The highest BCUT2D eigenvalue weighted by Gasteiger charge is 2.32. The molecule has 0 saturated heterocycles. The average molecular weight is 251 g/mol. The molecule has 1 aromatic rings. The molecule has 2 heteroatoms. The molecule has 0 radical (unpaired) electrons. The molecule has 0 amide bonds. The average Bonchev–Trinajstić information content (AvgIpc) is 3.07. The van der Waals surface area contributed by atoms with E-state index < -0.39 is 0 Å². The lowest BCUT2D eigenvalue weighted by Gasteiger charge is -2.18. The van der Waals surface area contributed by atoms with Crippen LogP contribution >= 0.6 is 11.6 Å². The van der Waals surface area contributed by atoms with Gasteiger partial charge in [0, 0.05) is 5.38 Å². The summed E-state index contributed by atoms with van der Waals surface area (Å²) in [6, 6.07) is 8.62. The van der Waals surface area contributed by atoms with Crippen molar-refractivity contribution in [2.24, 2.45) is 5.92 Å². The van der Waals surface area contributed by atoms with Crippen LogP contribution in [0, 0.1) is 5.92 Å². The number of ether oxygens (including phenoxy) is 1. The lowest BCUT2D eigenvalue weighted by atomic mass is 9.90. The Hall–Kier alpha value is -0.690. The van der Waals surface area contributed by atoms with Crippen molar-refractivity contribution in [3.8, 4) is 5.75 Å². The fourth-order valence-electron chi connectivity index (χ4n) is 2.78. The Bertz CT molecular complexity index is 400. The summed E-state index contributed by atoms with van der Waals surface area (Å²) in [7, 11) is 0. The Balaban J connectivity index is 1.77. The topological polar surface area (TPSA) is 9.23 Å². The van der Waals surface area contributed by atoms with Crippen LogP contribution in [0.15, 0.2) is 24.3 Å². The molecule has 0 bridgehead atoms. The van der Waals surface area contributed by atoms with Gasteiger partial charge in [-0.1, -0.05) is 19.1 Å². The molecule has 17 heavy (non-hydrogen) atoms. The third-order valence-corrected chi connectivity index (χ3v) is 4.69. The van der Waals surface area contributed by atoms with Crippen LogP contribution in [0.3, 0.4) is 0 Å². The van der Waals surface area contributed by atoms with Gasteiger partial charge in [-0.05, 0) is 55.2 Å². The van der Waals surface area contributed by atoms with E-state index in [1.807, 2.05) is 0 Å². The van der Waals surface area contributed by atoms with Gasteiger partial charge < -0.3 is 4.74 Å². The molecule has 3 rings (SSSR count). The zero-order chi connectivity index (χ0) is 11.8. The zero-order valence-electron chi connectivity index (χ0n) is 10.2. The summed E-state index contributed by atoms with van der Waals surface area (Å²) in [6.07, 6.45) is 5.26. The third-order valence-electron chi connectivity index (χ3n) is 4.07. The molecule has 2 fully saturated rings. The highest BCUT2D eigenvalue weighted by atomic mass is 35.5. The van der Waals surface area contributed by atoms with Crippen LogP contribution in [-0.4, -0.2) is 11.5 Å². The van der Waals surface area contributed by atoms with Crippen LogP contribution in [0.1, 0.15) is 44.1 Å². The Morgan fingerprint density at radius 1 is 1.18 bits per heavy atom. The first-order valence-electron chi connectivity index (χ1n) is 6.65. The number of rotatable bonds is 3. The fraction of sp³-hybridized carbons (Fsp3) is 0.600. The molecular weight excluding hydrogens is 232 g/mol. The van der Waals surface area contributed by atoms with E-state index in [2.05, 4.69) is 31.2 Å². The van der Waals surface area contributed by atoms with Crippen LogP contribution < -0.4 is 4.74 Å². The molecule has 0 heterocycles. The minimum absolute atomic E-state index is 0.341. The molecule has 92 valence electrons. The number of hydrogen-bond donors (Lipinski definition) is 0. The predicted octanol–water partition coefficient (Wildman–Crippen LogP) is 4.35. The first-order chi connectivity index (χ1) is 8.24. The molecule has 0 aromatic heterocycles. The second-order valence-electron chi connectivity index (χ2n) is 5.45. The lowest BCUT2D eigenvalue weighted by molar-refractivity contribution is 0.302. The molecule has 0 aliphatic heterocycles. The van der Waals surface area contributed by atoms with E-state index in [4.69, 9.17) is 16.3 Å². The van der Waals surface area contributed by atoms with Crippen molar-refractivity contribution in [1.29, 1.82) is 0 Å².